The molecule has 0 unspecified atom stereocenters. The zero-order chi connectivity index (χ0) is 77.1. The Morgan fingerprint density at radius 3 is 1.15 bits per heavy atom. The number of para-hydroxylation sites is 2. The van der Waals surface area contributed by atoms with E-state index in [-0.39, 0.29) is 10.8 Å². The molecule has 0 aliphatic heterocycles. The van der Waals surface area contributed by atoms with Gasteiger partial charge in [-0.3, -0.25) is 0 Å². The van der Waals surface area contributed by atoms with Crippen LogP contribution in [-0.2, 0) is 10.8 Å². The Morgan fingerprint density at radius 1 is 0.198 bits per heavy atom. The van der Waals surface area contributed by atoms with Crippen molar-refractivity contribution >= 4 is 109 Å². The average molecular weight is 1480 g/mol. The molecule has 0 saturated carbocycles. The van der Waals surface area contributed by atoms with Gasteiger partial charge in [-0.25, -0.2) is 29.9 Å². The van der Waals surface area contributed by atoms with E-state index in [9.17, 15) is 0 Å². The van der Waals surface area contributed by atoms with E-state index in [1.807, 2.05) is 72.8 Å². The molecule has 0 bridgehead atoms. The van der Waals surface area contributed by atoms with Crippen molar-refractivity contribution in [2.24, 2.45) is 0 Å². The molecule has 544 valence electrons. The van der Waals surface area contributed by atoms with E-state index in [0.717, 1.165) is 110 Å². The molecule has 0 amide bonds. The van der Waals surface area contributed by atoms with Crippen molar-refractivity contribution in [2.75, 3.05) is 0 Å². The number of hydrogen-bond acceptors (Lipinski definition) is 8. The van der Waals surface area contributed by atoms with E-state index in [4.69, 9.17) is 38.7 Å². The summed E-state index contributed by atoms with van der Waals surface area (Å²) in [6.07, 6.45) is 0. The summed E-state index contributed by atoms with van der Waals surface area (Å²) in [6.45, 7) is 9.47. The van der Waals surface area contributed by atoms with Crippen molar-refractivity contribution in [3.63, 3.8) is 0 Å². The summed E-state index contributed by atoms with van der Waals surface area (Å²) in [5, 5.41) is 19.0. The molecule has 22 aromatic rings. The molecule has 2 aliphatic rings. The quantitative estimate of drug-likeness (QED) is 0.139. The van der Waals surface area contributed by atoms with E-state index in [1.165, 1.54) is 98.4 Å². The molecule has 4 heterocycles. The second-order valence-corrected chi connectivity index (χ2v) is 31.9. The highest BCUT2D eigenvalue weighted by Crippen LogP contribution is 2.57. The first kappa shape index (κ1) is 66.9. The molecule has 8 nitrogen and oxygen atoms in total. The maximum absolute atomic E-state index is 6.31. The minimum absolute atomic E-state index is 0.0986. The van der Waals surface area contributed by atoms with Crippen molar-refractivity contribution in [1.82, 2.24) is 29.9 Å². The summed E-state index contributed by atoms with van der Waals surface area (Å²) in [4.78, 5) is 31.4. The monoisotopic (exact) mass is 1480 g/mol. The van der Waals surface area contributed by atoms with Crippen molar-refractivity contribution in [1.29, 1.82) is 0 Å². The molecule has 116 heavy (non-hydrogen) atoms. The van der Waals surface area contributed by atoms with Crippen LogP contribution >= 0.6 is 0 Å². The predicted molar refractivity (Wildman–Crippen MR) is 478 cm³/mol. The maximum Gasteiger partial charge on any atom is 0.164 e. The van der Waals surface area contributed by atoms with Crippen LogP contribution in [0.3, 0.4) is 0 Å². The van der Waals surface area contributed by atoms with Gasteiger partial charge in [-0.15, -0.1) is 0 Å². The molecule has 0 spiro atoms. The van der Waals surface area contributed by atoms with Gasteiger partial charge in [0.05, 0.1) is 0 Å². The minimum atomic E-state index is -0.138. The van der Waals surface area contributed by atoms with E-state index in [0.29, 0.717) is 34.9 Å². The Bertz CT molecular complexity index is 7910. The van der Waals surface area contributed by atoms with Gasteiger partial charge in [-0.1, -0.05) is 331 Å². The fraction of sp³-hybridized carbons (Fsp3) is 0.0556. The highest BCUT2D eigenvalue weighted by molar-refractivity contribution is 6.27. The Labute approximate surface area is 668 Å². The first-order valence-electron chi connectivity index (χ1n) is 39.7. The van der Waals surface area contributed by atoms with Crippen LogP contribution in [0.25, 0.3) is 221 Å². The van der Waals surface area contributed by atoms with E-state index in [1.54, 1.807) is 0 Å². The maximum atomic E-state index is 6.31. The zero-order valence-corrected chi connectivity index (χ0v) is 64.0. The topological polar surface area (TPSA) is 104 Å². The lowest BCUT2D eigenvalue weighted by atomic mass is 9.78. The predicted octanol–water partition coefficient (Wildman–Crippen LogP) is 28.4. The van der Waals surface area contributed by atoms with Gasteiger partial charge in [0, 0.05) is 65.8 Å². The first-order valence-corrected chi connectivity index (χ1v) is 39.7. The number of benzene rings is 18. The molecule has 0 saturated heterocycles. The summed E-state index contributed by atoms with van der Waals surface area (Å²) in [7, 11) is 0. The Hall–Kier alpha value is -14.9. The molecule has 8 heteroatoms. The lowest BCUT2D eigenvalue weighted by molar-refractivity contribution is 0.666. The molecule has 0 radical (unpaired) electrons. The van der Waals surface area contributed by atoms with E-state index < -0.39 is 0 Å². The third kappa shape index (κ3) is 10.5. The van der Waals surface area contributed by atoms with Crippen LogP contribution < -0.4 is 0 Å². The van der Waals surface area contributed by atoms with Crippen LogP contribution in [0.2, 0.25) is 0 Å². The van der Waals surface area contributed by atoms with Crippen molar-refractivity contribution in [3.05, 3.63) is 374 Å². The van der Waals surface area contributed by atoms with Gasteiger partial charge in [0.2, 0.25) is 0 Å². The minimum Gasteiger partial charge on any atom is -0.456 e. The lowest BCUT2D eigenvalue weighted by Crippen LogP contribution is -2.15. The summed E-state index contributed by atoms with van der Waals surface area (Å²) >= 11 is 0. The molecule has 18 aromatic carbocycles. The summed E-state index contributed by atoms with van der Waals surface area (Å²) < 4.78 is 12.6. The fourth-order valence-corrected chi connectivity index (χ4v) is 19.2. The number of furan rings is 2. The standard InChI is InChI=1S/2C54H35N3O/c1-54(2)45-19-8-6-16-39(45)41-29-28-40-42(50(41)54)27-24-33-22-23-35-31-37(25-26-38(35)48(33)40)52-55-51(36-15-10-14-34(30-36)32-12-4-3-5-13-32)56-53(57-52)44-18-11-21-47-49(44)43-17-7-9-20-46(43)58-47;1-54(2)44-23-10-8-20-40(44)49-39-19-7-6-18-38(39)47-37-28-27-36(31-34(37)26-29-42(47)50(49)54)52-55-51(35-17-12-16-33(30-35)32-14-4-3-5-15-32)56-53(57-52)43-22-13-25-46-48(43)41-21-9-11-24-45(41)58-46/h2*3-31H,1-2H3. The molecule has 24 rings (SSSR count). The number of nitrogens with zero attached hydrogens (tertiary/aromatic N) is 6. The Balaban J connectivity index is 0.000000137. The van der Waals surface area contributed by atoms with E-state index >= 15 is 0 Å². The van der Waals surface area contributed by atoms with Crippen LogP contribution in [-0.4, -0.2) is 29.9 Å². The Morgan fingerprint density at radius 2 is 0.569 bits per heavy atom. The van der Waals surface area contributed by atoms with Gasteiger partial charge in [0.15, 0.2) is 34.9 Å². The zero-order valence-electron chi connectivity index (χ0n) is 64.0. The van der Waals surface area contributed by atoms with Gasteiger partial charge in [-0.2, -0.15) is 0 Å². The summed E-state index contributed by atoms with van der Waals surface area (Å²) in [5.74, 6) is 3.67. The summed E-state index contributed by atoms with van der Waals surface area (Å²) in [6, 6.07) is 125. The van der Waals surface area contributed by atoms with Gasteiger partial charge < -0.3 is 8.83 Å². The normalized spacial score (nSPS) is 13.1. The van der Waals surface area contributed by atoms with Crippen LogP contribution in [0.1, 0.15) is 49.9 Å². The largest absolute Gasteiger partial charge is 0.456 e. The lowest BCUT2D eigenvalue weighted by Gasteiger charge is -2.24. The Kier molecular flexibility index (Phi) is 14.9. The van der Waals surface area contributed by atoms with Gasteiger partial charge in [0.1, 0.15) is 22.3 Å². The number of fused-ring (bicyclic) bond motifs is 25. The summed E-state index contributed by atoms with van der Waals surface area (Å²) in [5.41, 5.74) is 24.0. The molecule has 0 N–H and O–H groups in total. The van der Waals surface area contributed by atoms with Crippen LogP contribution in [0.15, 0.2) is 361 Å². The van der Waals surface area contributed by atoms with Crippen molar-refractivity contribution in [2.45, 2.75) is 38.5 Å². The van der Waals surface area contributed by atoms with Gasteiger partial charge in [-0.05, 0) is 180 Å². The molecule has 0 atom stereocenters. The number of aromatic nitrogens is 6. The van der Waals surface area contributed by atoms with Gasteiger partial charge >= 0.3 is 0 Å². The third-order valence-corrected chi connectivity index (χ3v) is 24.5. The van der Waals surface area contributed by atoms with Crippen molar-refractivity contribution in [3.8, 4) is 113 Å². The number of hydrogen-bond donors (Lipinski definition) is 0. The molecule has 2 aliphatic carbocycles. The number of rotatable bonds is 8. The highest BCUT2D eigenvalue weighted by atomic mass is 16.3. The van der Waals surface area contributed by atoms with E-state index in [2.05, 4.69) is 307 Å². The van der Waals surface area contributed by atoms with Crippen molar-refractivity contribution < 1.29 is 8.83 Å². The molecule has 4 aromatic heterocycles. The average Bonchev–Trinajstić information content (AvgIpc) is 1.51. The van der Waals surface area contributed by atoms with Gasteiger partial charge in [0.25, 0.3) is 0 Å². The highest BCUT2D eigenvalue weighted by Gasteiger charge is 2.40. The first-order chi connectivity index (χ1) is 57.0. The van der Waals surface area contributed by atoms with Crippen LogP contribution in [0.5, 0.6) is 0 Å². The SMILES string of the molecule is CC1(C)c2ccccc2-c2c1c1ccc3cc(-c4nc(-c5cccc(-c6ccccc6)c5)nc(-c5cccc6oc7ccccc7c56)n4)ccc3c1c1ccccc21.CC1(C)c2ccccc2-c2ccc3c(ccc4ccc5cc(-c6nc(-c7cccc(-c8ccccc8)c7)nc(-c7cccc8oc9ccccc9c78)n6)ccc5c43)c21. The molecule has 0 fully saturated rings. The van der Waals surface area contributed by atoms with Crippen LogP contribution in [0, 0.1) is 0 Å². The van der Waals surface area contributed by atoms with Crippen LogP contribution in [0.4, 0.5) is 0 Å². The second-order valence-electron chi connectivity index (χ2n) is 31.9. The second kappa shape index (κ2) is 25.8. The molecular formula is C108H70N6O2. The smallest absolute Gasteiger partial charge is 0.164 e. The third-order valence-electron chi connectivity index (χ3n) is 24.5. The fourth-order valence-electron chi connectivity index (χ4n) is 19.2. The molecular weight excluding hydrogens is 1410 g/mol.